The van der Waals surface area contributed by atoms with Crippen molar-refractivity contribution in [2.24, 2.45) is 11.8 Å². The molecule has 23 heavy (non-hydrogen) atoms. The Labute approximate surface area is 132 Å². The summed E-state index contributed by atoms with van der Waals surface area (Å²) in [7, 11) is 1.60. The summed E-state index contributed by atoms with van der Waals surface area (Å²) in [5.74, 6) is 0.101. The summed E-state index contributed by atoms with van der Waals surface area (Å²) in [6, 6.07) is 7.21. The lowest BCUT2D eigenvalue weighted by Crippen LogP contribution is -2.38. The van der Waals surface area contributed by atoms with E-state index in [0.717, 1.165) is 10.8 Å². The number of amides is 1. The largest absolute Gasteiger partial charge is 0.497 e. The van der Waals surface area contributed by atoms with E-state index >= 15 is 0 Å². The highest BCUT2D eigenvalue weighted by atomic mass is 19.1. The van der Waals surface area contributed by atoms with E-state index in [4.69, 9.17) is 9.47 Å². The van der Waals surface area contributed by atoms with Crippen LogP contribution in [0.4, 0.5) is 4.39 Å². The topological polar surface area (TPSA) is 60.5 Å². The van der Waals surface area contributed by atoms with Gasteiger partial charge in [-0.25, -0.2) is 9.37 Å². The van der Waals surface area contributed by atoms with Crippen molar-refractivity contribution in [3.63, 3.8) is 0 Å². The maximum atomic E-state index is 14.3. The number of hydrogen-bond acceptors (Lipinski definition) is 4. The molecule has 2 heterocycles. The second kappa shape index (κ2) is 4.81. The summed E-state index contributed by atoms with van der Waals surface area (Å²) in [5.41, 5.74) is -1.70. The number of rotatable bonds is 4. The molecule has 4 atom stereocenters. The van der Waals surface area contributed by atoms with Gasteiger partial charge in [0.15, 0.2) is 5.67 Å². The Morgan fingerprint density at radius 3 is 2.91 bits per heavy atom. The number of carbonyl (C=O) groups excluding carboxylic acids is 1. The average Bonchev–Trinajstić information content (AvgIpc) is 3.01. The van der Waals surface area contributed by atoms with Crippen LogP contribution in [-0.4, -0.2) is 36.3 Å². The van der Waals surface area contributed by atoms with Gasteiger partial charge in [-0.3, -0.25) is 4.79 Å². The van der Waals surface area contributed by atoms with Crippen LogP contribution in [0.1, 0.15) is 6.92 Å². The normalized spacial score (nSPS) is 31.6. The van der Waals surface area contributed by atoms with E-state index < -0.39 is 11.6 Å². The molecule has 2 aliphatic rings. The number of halogens is 1. The first-order valence-corrected chi connectivity index (χ1v) is 7.61. The molecule has 0 radical (unpaired) electrons. The number of pyridine rings is 1. The Bertz CT molecular complexity index is 797. The summed E-state index contributed by atoms with van der Waals surface area (Å²) in [6.45, 7) is 1.97. The van der Waals surface area contributed by atoms with Crippen LogP contribution >= 0.6 is 0 Å². The minimum atomic E-state index is -1.70. The highest BCUT2D eigenvalue weighted by molar-refractivity contribution is 5.93. The van der Waals surface area contributed by atoms with Gasteiger partial charge in [0, 0.05) is 23.4 Å². The lowest BCUT2D eigenvalue weighted by Gasteiger charge is -2.15. The molecule has 1 saturated carbocycles. The fraction of sp³-hybridized carbons (Fsp3) is 0.412. The maximum Gasteiger partial charge on any atom is 0.258 e. The summed E-state index contributed by atoms with van der Waals surface area (Å²) < 4.78 is 25.3. The van der Waals surface area contributed by atoms with Crippen LogP contribution in [0.15, 0.2) is 30.5 Å². The van der Waals surface area contributed by atoms with Gasteiger partial charge in [-0.2, -0.15) is 0 Å². The monoisotopic (exact) mass is 316 g/mol. The molecule has 1 aliphatic heterocycles. The molecule has 0 spiro atoms. The van der Waals surface area contributed by atoms with Crippen molar-refractivity contribution in [2.45, 2.75) is 18.6 Å². The number of hydrogen-bond donors (Lipinski definition) is 1. The number of piperidine rings is 1. The van der Waals surface area contributed by atoms with Crippen LogP contribution < -0.4 is 14.8 Å². The Kier molecular flexibility index (Phi) is 2.98. The van der Waals surface area contributed by atoms with Crippen molar-refractivity contribution in [1.29, 1.82) is 0 Å². The lowest BCUT2D eigenvalue weighted by molar-refractivity contribution is -0.126. The quantitative estimate of drug-likeness (QED) is 0.938. The van der Waals surface area contributed by atoms with Crippen LogP contribution in [-0.2, 0) is 4.79 Å². The molecule has 4 rings (SSSR count). The fourth-order valence-electron chi connectivity index (χ4n) is 3.60. The number of carbonyl (C=O) groups is 1. The number of nitrogens with zero attached hydrogens (tertiary/aromatic N) is 1. The van der Waals surface area contributed by atoms with Gasteiger partial charge < -0.3 is 14.8 Å². The van der Waals surface area contributed by atoms with Gasteiger partial charge in [-0.05, 0) is 23.6 Å². The minimum Gasteiger partial charge on any atom is -0.497 e. The van der Waals surface area contributed by atoms with Crippen molar-refractivity contribution in [1.82, 2.24) is 10.3 Å². The molecule has 1 N–H and O–H groups in total. The van der Waals surface area contributed by atoms with Gasteiger partial charge in [0.25, 0.3) is 5.91 Å². The Morgan fingerprint density at radius 1 is 1.39 bits per heavy atom. The molecule has 5 nitrogen and oxygen atoms in total. The van der Waals surface area contributed by atoms with Gasteiger partial charge in [-0.15, -0.1) is 0 Å². The zero-order valence-electron chi connectivity index (χ0n) is 12.9. The Hall–Kier alpha value is -2.37. The zero-order valence-corrected chi connectivity index (χ0v) is 12.9. The Morgan fingerprint density at radius 2 is 2.22 bits per heavy atom. The summed E-state index contributed by atoms with van der Waals surface area (Å²) in [6.07, 6.45) is 1.66. The molecule has 1 aliphatic carbocycles. The molecule has 120 valence electrons. The number of aromatic nitrogens is 1. The molecule has 6 heteroatoms. The molecule has 1 aromatic heterocycles. The SMILES string of the molecule is COc1ccc2ccnc(OC[C@H]3NC(=O)[C@]4(F)C(C)[C@H]34)c2c1. The van der Waals surface area contributed by atoms with Crippen LogP contribution in [0.2, 0.25) is 0 Å². The van der Waals surface area contributed by atoms with Crippen LogP contribution in [0.3, 0.4) is 0 Å². The van der Waals surface area contributed by atoms with Crippen molar-refractivity contribution >= 4 is 16.7 Å². The van der Waals surface area contributed by atoms with Crippen LogP contribution in [0.5, 0.6) is 11.6 Å². The highest BCUT2D eigenvalue weighted by Gasteiger charge is 2.75. The van der Waals surface area contributed by atoms with Crippen molar-refractivity contribution < 1.29 is 18.7 Å². The van der Waals surface area contributed by atoms with Gasteiger partial charge in [0.1, 0.15) is 12.4 Å². The smallest absolute Gasteiger partial charge is 0.258 e. The van der Waals surface area contributed by atoms with E-state index in [1.165, 1.54) is 0 Å². The maximum absolute atomic E-state index is 14.3. The molecule has 2 aromatic rings. The van der Waals surface area contributed by atoms with Gasteiger partial charge in [-0.1, -0.05) is 13.0 Å². The van der Waals surface area contributed by atoms with Crippen molar-refractivity contribution in [3.05, 3.63) is 30.5 Å². The van der Waals surface area contributed by atoms with Crippen molar-refractivity contribution in [3.8, 4) is 11.6 Å². The van der Waals surface area contributed by atoms with Gasteiger partial charge in [0.2, 0.25) is 5.88 Å². The van der Waals surface area contributed by atoms with E-state index in [1.807, 2.05) is 24.3 Å². The van der Waals surface area contributed by atoms with Crippen LogP contribution in [0, 0.1) is 11.8 Å². The van der Waals surface area contributed by atoms with E-state index in [0.29, 0.717) is 11.6 Å². The van der Waals surface area contributed by atoms with E-state index in [2.05, 4.69) is 10.3 Å². The number of methoxy groups -OCH3 is 1. The first-order valence-electron chi connectivity index (χ1n) is 7.61. The number of benzene rings is 1. The fourth-order valence-corrected chi connectivity index (χ4v) is 3.60. The highest BCUT2D eigenvalue weighted by Crippen LogP contribution is 2.59. The van der Waals surface area contributed by atoms with Gasteiger partial charge in [0.05, 0.1) is 13.2 Å². The molecule has 1 unspecified atom stereocenters. The summed E-state index contributed by atoms with van der Waals surface area (Å²) in [5, 5.41) is 4.48. The van der Waals surface area contributed by atoms with Crippen molar-refractivity contribution in [2.75, 3.05) is 13.7 Å². The number of nitrogens with one attached hydrogen (secondary N) is 1. The third-order valence-electron chi connectivity index (χ3n) is 5.01. The predicted octanol–water partition coefficient (Wildman–Crippen LogP) is 2.09. The lowest BCUT2D eigenvalue weighted by atomic mass is 10.1. The third kappa shape index (κ3) is 1.97. The zero-order chi connectivity index (χ0) is 16.2. The van der Waals surface area contributed by atoms with E-state index in [-0.39, 0.29) is 24.5 Å². The molecule has 1 aromatic carbocycles. The second-order valence-corrected chi connectivity index (χ2v) is 6.18. The molecule has 0 bridgehead atoms. The minimum absolute atomic E-state index is 0.204. The van der Waals surface area contributed by atoms with E-state index in [9.17, 15) is 9.18 Å². The first kappa shape index (κ1) is 14.2. The molecular formula is C17H17FN2O3. The number of fused-ring (bicyclic) bond motifs is 2. The molecule has 2 fully saturated rings. The van der Waals surface area contributed by atoms with Crippen LogP contribution in [0.25, 0.3) is 10.8 Å². The van der Waals surface area contributed by atoms with E-state index in [1.54, 1.807) is 20.2 Å². The number of alkyl halides is 1. The predicted molar refractivity (Wildman–Crippen MR) is 82.2 cm³/mol. The summed E-state index contributed by atoms with van der Waals surface area (Å²) >= 11 is 0. The molecule has 1 amide bonds. The number of ether oxygens (including phenoxy) is 2. The third-order valence-corrected chi connectivity index (χ3v) is 5.01. The molecular weight excluding hydrogens is 299 g/mol. The first-order chi connectivity index (χ1) is 11.1. The second-order valence-electron chi connectivity index (χ2n) is 6.18. The standard InChI is InChI=1S/C17H17FN2O3/c1-9-14-13(20-16(21)17(9,14)18)8-23-15-12-7-11(22-2)4-3-10(12)5-6-19-15/h3-7,9,13-14H,8H2,1-2H3,(H,20,21)/t9?,13-,14-,17+/m1/s1. The molecule has 1 saturated heterocycles. The average molecular weight is 316 g/mol. The van der Waals surface area contributed by atoms with Gasteiger partial charge >= 0.3 is 0 Å². The summed E-state index contributed by atoms with van der Waals surface area (Å²) in [4.78, 5) is 15.9. The Balaban J connectivity index is 1.56.